The fraction of sp³-hybridized carbons (Fsp3) is 0.158. The summed E-state index contributed by atoms with van der Waals surface area (Å²) in [5.41, 5.74) is 0.667. The molecule has 5 nitrogen and oxygen atoms in total. The Kier molecular flexibility index (Phi) is 6.50. The number of hydrogen-bond acceptors (Lipinski definition) is 5. The van der Waals surface area contributed by atoms with E-state index < -0.39 is 23.9 Å². The van der Waals surface area contributed by atoms with E-state index in [1.54, 1.807) is 5.38 Å². The van der Waals surface area contributed by atoms with Gasteiger partial charge in [-0.05, 0) is 36.4 Å². The summed E-state index contributed by atoms with van der Waals surface area (Å²) in [6, 6.07) is 8.51. The summed E-state index contributed by atoms with van der Waals surface area (Å²) in [5, 5.41) is 7.37. The molecule has 0 aliphatic rings. The lowest BCUT2D eigenvalue weighted by molar-refractivity contribution is -0.274. The Bertz CT molecular complexity index is 1000. The van der Waals surface area contributed by atoms with E-state index >= 15 is 0 Å². The van der Waals surface area contributed by atoms with E-state index in [2.05, 4.69) is 20.4 Å². The van der Waals surface area contributed by atoms with Crippen molar-refractivity contribution in [3.8, 4) is 5.75 Å². The second-order valence-electron chi connectivity index (χ2n) is 5.99. The number of benzene rings is 2. The molecule has 0 spiro atoms. The molecule has 0 aliphatic carbocycles. The Morgan fingerprint density at radius 3 is 2.37 bits per heavy atom. The molecule has 0 saturated carbocycles. The molecule has 2 aromatic carbocycles. The number of aromatic nitrogens is 1. The number of halogens is 5. The summed E-state index contributed by atoms with van der Waals surface area (Å²) in [6.07, 6.45) is -4.87. The van der Waals surface area contributed by atoms with Gasteiger partial charge < -0.3 is 15.4 Å². The average Bonchev–Trinajstić information content (AvgIpc) is 3.08. The number of carbonyl (C=O) groups is 1. The fourth-order valence-electron chi connectivity index (χ4n) is 2.42. The SMILES string of the molecule is O=C(Cc1csc(Nc2ccc(OC(F)(F)F)cc2)n1)NCc1c(F)cccc1F. The van der Waals surface area contributed by atoms with E-state index in [0.717, 1.165) is 24.3 Å². The number of rotatable bonds is 7. The zero-order valence-corrected chi connectivity index (χ0v) is 15.9. The zero-order chi connectivity index (χ0) is 21.7. The second kappa shape index (κ2) is 9.08. The Hall–Kier alpha value is -3.21. The lowest BCUT2D eigenvalue weighted by atomic mass is 10.2. The van der Waals surface area contributed by atoms with Crippen LogP contribution in [0.3, 0.4) is 0 Å². The molecule has 158 valence electrons. The lowest BCUT2D eigenvalue weighted by Crippen LogP contribution is -2.25. The maximum absolute atomic E-state index is 13.6. The fourth-order valence-corrected chi connectivity index (χ4v) is 3.15. The van der Waals surface area contributed by atoms with E-state index in [9.17, 15) is 26.7 Å². The Balaban J connectivity index is 1.53. The van der Waals surface area contributed by atoms with Crippen molar-refractivity contribution in [2.45, 2.75) is 19.3 Å². The van der Waals surface area contributed by atoms with Crippen molar-refractivity contribution in [1.29, 1.82) is 0 Å². The quantitative estimate of drug-likeness (QED) is 0.509. The minimum Gasteiger partial charge on any atom is -0.406 e. The maximum atomic E-state index is 13.6. The van der Waals surface area contributed by atoms with E-state index in [-0.39, 0.29) is 24.3 Å². The minimum atomic E-state index is -4.77. The molecule has 0 unspecified atom stereocenters. The maximum Gasteiger partial charge on any atom is 0.573 e. The van der Waals surface area contributed by atoms with Crippen molar-refractivity contribution < 1.29 is 31.5 Å². The molecule has 3 aromatic rings. The van der Waals surface area contributed by atoms with Crippen molar-refractivity contribution in [3.63, 3.8) is 0 Å². The van der Waals surface area contributed by atoms with Crippen LogP contribution in [0.25, 0.3) is 0 Å². The molecule has 0 radical (unpaired) electrons. The molecular formula is C19H14F5N3O2S. The Labute approximate surface area is 171 Å². The van der Waals surface area contributed by atoms with Gasteiger partial charge in [0, 0.05) is 23.2 Å². The molecule has 2 N–H and O–H groups in total. The first-order chi connectivity index (χ1) is 14.2. The highest BCUT2D eigenvalue weighted by Crippen LogP contribution is 2.26. The van der Waals surface area contributed by atoms with Crippen molar-refractivity contribution in [1.82, 2.24) is 10.3 Å². The van der Waals surface area contributed by atoms with Crippen LogP contribution >= 0.6 is 11.3 Å². The standard InChI is InChI=1S/C19H14F5N3O2S/c20-15-2-1-3-16(21)14(15)9-25-17(28)8-12-10-30-18(27-12)26-11-4-6-13(7-5-11)29-19(22,23)24/h1-7,10H,8-9H2,(H,25,28)(H,26,27). The van der Waals surface area contributed by atoms with Crippen LogP contribution in [-0.2, 0) is 17.8 Å². The molecule has 30 heavy (non-hydrogen) atoms. The molecule has 0 atom stereocenters. The minimum absolute atomic E-state index is 0.105. The van der Waals surface area contributed by atoms with Gasteiger partial charge >= 0.3 is 6.36 Å². The van der Waals surface area contributed by atoms with Gasteiger partial charge in [0.2, 0.25) is 5.91 Å². The molecule has 3 rings (SSSR count). The van der Waals surface area contributed by atoms with E-state index in [1.165, 1.54) is 29.5 Å². The van der Waals surface area contributed by atoms with Crippen LogP contribution in [0.1, 0.15) is 11.3 Å². The van der Waals surface area contributed by atoms with Gasteiger partial charge in [-0.2, -0.15) is 0 Å². The van der Waals surface area contributed by atoms with E-state index in [0.29, 0.717) is 16.5 Å². The molecule has 1 heterocycles. The van der Waals surface area contributed by atoms with Crippen LogP contribution in [0, 0.1) is 11.6 Å². The van der Waals surface area contributed by atoms with Gasteiger partial charge in [-0.15, -0.1) is 24.5 Å². The third kappa shape index (κ3) is 6.14. The third-order valence-electron chi connectivity index (χ3n) is 3.76. The predicted octanol–water partition coefficient (Wildman–Crippen LogP) is 4.92. The van der Waals surface area contributed by atoms with Crippen LogP contribution in [0.5, 0.6) is 5.75 Å². The number of alkyl halides is 3. The summed E-state index contributed by atoms with van der Waals surface area (Å²) >= 11 is 1.19. The van der Waals surface area contributed by atoms with Crippen LogP contribution in [0.4, 0.5) is 32.8 Å². The summed E-state index contributed by atoms with van der Waals surface area (Å²) in [7, 11) is 0. The van der Waals surface area contributed by atoms with Gasteiger partial charge in [-0.25, -0.2) is 13.8 Å². The number of nitrogens with zero attached hydrogens (tertiary/aromatic N) is 1. The van der Waals surface area contributed by atoms with Gasteiger partial charge in [-0.1, -0.05) is 6.07 Å². The van der Waals surface area contributed by atoms with Crippen molar-refractivity contribution >= 4 is 28.1 Å². The normalized spacial score (nSPS) is 11.2. The lowest BCUT2D eigenvalue weighted by Gasteiger charge is -2.09. The van der Waals surface area contributed by atoms with Gasteiger partial charge in [0.15, 0.2) is 5.13 Å². The Morgan fingerprint density at radius 1 is 1.07 bits per heavy atom. The van der Waals surface area contributed by atoms with E-state index in [4.69, 9.17) is 0 Å². The number of ether oxygens (including phenoxy) is 1. The molecule has 0 aliphatic heterocycles. The molecular weight excluding hydrogens is 429 g/mol. The molecule has 0 saturated heterocycles. The summed E-state index contributed by atoms with van der Waals surface area (Å²) in [4.78, 5) is 16.2. The number of amides is 1. The monoisotopic (exact) mass is 443 g/mol. The zero-order valence-electron chi connectivity index (χ0n) is 15.1. The third-order valence-corrected chi connectivity index (χ3v) is 4.56. The highest BCUT2D eigenvalue weighted by atomic mass is 32.1. The first-order valence-electron chi connectivity index (χ1n) is 8.46. The molecule has 11 heteroatoms. The van der Waals surface area contributed by atoms with Gasteiger partial charge in [-0.3, -0.25) is 4.79 Å². The largest absolute Gasteiger partial charge is 0.573 e. The summed E-state index contributed by atoms with van der Waals surface area (Å²) in [6.45, 7) is -0.293. The Morgan fingerprint density at radius 2 is 1.73 bits per heavy atom. The van der Waals surface area contributed by atoms with Crippen molar-refractivity contribution in [2.24, 2.45) is 0 Å². The smallest absolute Gasteiger partial charge is 0.406 e. The first kappa shape index (κ1) is 21.5. The molecule has 0 fully saturated rings. The van der Waals surface area contributed by atoms with Gasteiger partial charge in [0.05, 0.1) is 12.1 Å². The number of carbonyl (C=O) groups excluding carboxylic acids is 1. The van der Waals surface area contributed by atoms with Crippen LogP contribution in [0.2, 0.25) is 0 Å². The highest BCUT2D eigenvalue weighted by Gasteiger charge is 2.30. The number of hydrogen-bond donors (Lipinski definition) is 2. The second-order valence-corrected chi connectivity index (χ2v) is 6.85. The van der Waals surface area contributed by atoms with Crippen molar-refractivity contribution in [3.05, 3.63) is 70.7 Å². The van der Waals surface area contributed by atoms with Gasteiger partial charge in [0.1, 0.15) is 17.4 Å². The van der Waals surface area contributed by atoms with Crippen molar-refractivity contribution in [2.75, 3.05) is 5.32 Å². The van der Waals surface area contributed by atoms with Crippen LogP contribution < -0.4 is 15.4 Å². The molecule has 1 aromatic heterocycles. The number of anilines is 2. The predicted molar refractivity (Wildman–Crippen MR) is 100 cm³/mol. The first-order valence-corrected chi connectivity index (χ1v) is 9.34. The topological polar surface area (TPSA) is 63.2 Å². The van der Waals surface area contributed by atoms with Crippen LogP contribution in [0.15, 0.2) is 47.8 Å². The number of nitrogens with one attached hydrogen (secondary N) is 2. The average molecular weight is 443 g/mol. The summed E-state index contributed by atoms with van der Waals surface area (Å²) in [5.74, 6) is -2.32. The highest BCUT2D eigenvalue weighted by molar-refractivity contribution is 7.13. The molecule has 0 bridgehead atoms. The summed E-state index contributed by atoms with van der Waals surface area (Å²) < 4.78 is 67.4. The van der Waals surface area contributed by atoms with Gasteiger partial charge in [0.25, 0.3) is 0 Å². The molecule has 1 amide bonds. The number of thiazole rings is 1. The van der Waals surface area contributed by atoms with Crippen LogP contribution in [-0.4, -0.2) is 17.3 Å². The van der Waals surface area contributed by atoms with E-state index in [1.807, 2.05) is 0 Å².